The third-order valence-corrected chi connectivity index (χ3v) is 2.84. The summed E-state index contributed by atoms with van der Waals surface area (Å²) in [5.41, 5.74) is 0.257. The van der Waals surface area contributed by atoms with E-state index in [4.69, 9.17) is 0 Å². The molecule has 0 atom stereocenters. The van der Waals surface area contributed by atoms with Crippen molar-refractivity contribution in [1.82, 2.24) is 9.55 Å². The molecule has 0 unspecified atom stereocenters. The summed E-state index contributed by atoms with van der Waals surface area (Å²) in [6, 6.07) is 3.99. The molecule has 128 valence electrons. The monoisotopic (exact) mass is 342 g/mol. The van der Waals surface area contributed by atoms with Crippen LogP contribution in [0.4, 0.5) is 29.5 Å². The van der Waals surface area contributed by atoms with Crippen molar-refractivity contribution in [2.75, 3.05) is 10.6 Å². The molecule has 24 heavy (non-hydrogen) atoms. The van der Waals surface area contributed by atoms with E-state index in [1.807, 2.05) is 6.92 Å². The maximum Gasteiger partial charge on any atom is 0.573 e. The molecule has 0 aliphatic rings. The molecule has 0 saturated heterocycles. The minimum atomic E-state index is -4.78. The lowest BCUT2D eigenvalue weighted by Crippen LogP contribution is -2.20. The highest BCUT2D eigenvalue weighted by Crippen LogP contribution is 2.24. The lowest BCUT2D eigenvalue weighted by molar-refractivity contribution is -0.274. The summed E-state index contributed by atoms with van der Waals surface area (Å²) in [5.74, 6) is -0.0549. The summed E-state index contributed by atoms with van der Waals surface area (Å²) in [6.07, 6.45) is -2.73. The van der Waals surface area contributed by atoms with Crippen LogP contribution in [0.2, 0.25) is 0 Å². The van der Waals surface area contributed by atoms with Crippen molar-refractivity contribution in [3.8, 4) is 5.75 Å². The molecule has 0 aliphatic heterocycles. The summed E-state index contributed by atoms with van der Waals surface area (Å²) in [6.45, 7) is 2.31. The molecular weight excluding hydrogens is 329 g/mol. The highest BCUT2D eigenvalue weighted by Gasteiger charge is 2.30. The number of carbonyl (C=O) groups is 2. The predicted molar refractivity (Wildman–Crippen MR) is 79.1 cm³/mol. The van der Waals surface area contributed by atoms with Crippen molar-refractivity contribution >= 4 is 23.8 Å². The van der Waals surface area contributed by atoms with Crippen molar-refractivity contribution in [3.63, 3.8) is 0 Å². The fourth-order valence-corrected chi connectivity index (χ4v) is 1.86. The molecule has 2 rings (SSSR count). The third-order valence-electron chi connectivity index (χ3n) is 2.84. The summed E-state index contributed by atoms with van der Waals surface area (Å²) in [7, 11) is 0. The molecule has 0 radical (unpaired) electrons. The Morgan fingerprint density at radius 2 is 1.96 bits per heavy atom. The second-order valence-electron chi connectivity index (χ2n) is 4.54. The number of nitrogens with one attached hydrogen (secondary N) is 2. The van der Waals surface area contributed by atoms with Crippen LogP contribution < -0.4 is 15.4 Å². The van der Waals surface area contributed by atoms with Crippen LogP contribution in [0.25, 0.3) is 0 Å². The minimum Gasteiger partial charge on any atom is -0.406 e. The molecule has 7 nitrogen and oxygen atoms in total. The second kappa shape index (κ2) is 7.02. The van der Waals surface area contributed by atoms with Gasteiger partial charge in [-0.25, -0.2) is 9.78 Å². The van der Waals surface area contributed by atoms with E-state index >= 15 is 0 Å². The van der Waals surface area contributed by atoms with Gasteiger partial charge in [-0.1, -0.05) is 0 Å². The Hall–Kier alpha value is -3.04. The topological polar surface area (TPSA) is 85.2 Å². The van der Waals surface area contributed by atoms with Crippen LogP contribution in [0.3, 0.4) is 0 Å². The lowest BCUT2D eigenvalue weighted by Gasteiger charge is -2.10. The van der Waals surface area contributed by atoms with Crippen LogP contribution in [0.5, 0.6) is 5.75 Å². The van der Waals surface area contributed by atoms with Gasteiger partial charge >= 0.3 is 12.4 Å². The molecule has 10 heteroatoms. The first-order valence-electron chi connectivity index (χ1n) is 6.77. The fourth-order valence-electron chi connectivity index (χ4n) is 1.86. The molecule has 1 aromatic heterocycles. The van der Waals surface area contributed by atoms with Gasteiger partial charge in [0.25, 0.3) is 0 Å². The SMILES string of the molecule is CCn1cc(NC(=O)Nc2ccc(OC(F)(F)F)cc2)nc1C=O. The van der Waals surface area contributed by atoms with E-state index in [1.165, 1.54) is 18.3 Å². The average Bonchev–Trinajstić information content (AvgIpc) is 2.89. The van der Waals surface area contributed by atoms with E-state index in [0.29, 0.717) is 12.8 Å². The highest BCUT2D eigenvalue weighted by molar-refractivity contribution is 5.99. The number of aromatic nitrogens is 2. The molecule has 0 spiro atoms. The molecule has 0 fully saturated rings. The van der Waals surface area contributed by atoms with Gasteiger partial charge in [0.15, 0.2) is 17.9 Å². The largest absolute Gasteiger partial charge is 0.573 e. The first-order valence-corrected chi connectivity index (χ1v) is 6.77. The smallest absolute Gasteiger partial charge is 0.406 e. The average molecular weight is 342 g/mol. The van der Waals surface area contributed by atoms with E-state index in [0.717, 1.165) is 12.1 Å². The van der Waals surface area contributed by atoms with Gasteiger partial charge in [-0.3, -0.25) is 10.1 Å². The van der Waals surface area contributed by atoms with Crippen LogP contribution in [0.15, 0.2) is 30.5 Å². The predicted octanol–water partition coefficient (Wildman–Crippen LogP) is 3.26. The van der Waals surface area contributed by atoms with Crippen molar-refractivity contribution in [2.45, 2.75) is 19.8 Å². The van der Waals surface area contributed by atoms with Gasteiger partial charge in [0.1, 0.15) is 5.75 Å². The number of aldehydes is 1. The first-order chi connectivity index (χ1) is 11.3. The second-order valence-corrected chi connectivity index (χ2v) is 4.54. The van der Waals surface area contributed by atoms with Crippen molar-refractivity contribution in [3.05, 3.63) is 36.3 Å². The number of hydrogen-bond donors (Lipinski definition) is 2. The Bertz CT molecular complexity index is 726. The summed E-state index contributed by atoms with van der Waals surface area (Å²) in [5, 5.41) is 4.84. The number of amides is 2. The summed E-state index contributed by atoms with van der Waals surface area (Å²) in [4.78, 5) is 26.5. The highest BCUT2D eigenvalue weighted by atomic mass is 19.4. The maximum absolute atomic E-state index is 12.1. The quantitative estimate of drug-likeness (QED) is 0.817. The van der Waals surface area contributed by atoms with Gasteiger partial charge in [0, 0.05) is 18.4 Å². The van der Waals surface area contributed by atoms with Gasteiger partial charge in [0.05, 0.1) is 0 Å². The molecular formula is C14H13F3N4O3. The maximum atomic E-state index is 12.1. The van der Waals surface area contributed by atoms with Crippen LogP contribution in [0, 0.1) is 0 Å². The zero-order valence-electron chi connectivity index (χ0n) is 12.4. The number of urea groups is 1. The molecule has 2 N–H and O–H groups in total. The minimum absolute atomic E-state index is 0.168. The molecule has 1 heterocycles. The van der Waals surface area contributed by atoms with E-state index in [-0.39, 0.29) is 17.3 Å². The number of hydrogen-bond acceptors (Lipinski definition) is 4. The van der Waals surface area contributed by atoms with Crippen molar-refractivity contribution in [2.24, 2.45) is 0 Å². The number of aryl methyl sites for hydroxylation is 1. The Morgan fingerprint density at radius 1 is 1.29 bits per heavy atom. The molecule has 0 bridgehead atoms. The van der Waals surface area contributed by atoms with E-state index < -0.39 is 18.1 Å². The molecule has 2 amide bonds. The Labute approximate surface area is 134 Å². The number of nitrogens with zero attached hydrogens (tertiary/aromatic N) is 2. The molecule has 0 saturated carbocycles. The van der Waals surface area contributed by atoms with Gasteiger partial charge in [-0.15, -0.1) is 13.2 Å². The number of halogens is 3. The Kier molecular flexibility index (Phi) is 5.07. The Morgan fingerprint density at radius 3 is 2.46 bits per heavy atom. The molecule has 2 aromatic rings. The van der Waals surface area contributed by atoms with Gasteiger partial charge < -0.3 is 14.6 Å². The summed E-state index contributed by atoms with van der Waals surface area (Å²) >= 11 is 0. The van der Waals surface area contributed by atoms with Gasteiger partial charge in [-0.2, -0.15) is 0 Å². The van der Waals surface area contributed by atoms with E-state index in [9.17, 15) is 22.8 Å². The van der Waals surface area contributed by atoms with Crippen LogP contribution in [0.1, 0.15) is 17.5 Å². The number of benzene rings is 1. The van der Waals surface area contributed by atoms with Crippen molar-refractivity contribution in [1.29, 1.82) is 0 Å². The zero-order chi connectivity index (χ0) is 17.7. The van der Waals surface area contributed by atoms with Crippen LogP contribution >= 0.6 is 0 Å². The number of carbonyl (C=O) groups excluding carboxylic acids is 2. The number of alkyl halides is 3. The normalized spacial score (nSPS) is 11.0. The Balaban J connectivity index is 1.97. The van der Waals surface area contributed by atoms with Gasteiger partial charge in [0.2, 0.25) is 0 Å². The van der Waals surface area contributed by atoms with Gasteiger partial charge in [-0.05, 0) is 31.2 Å². The fraction of sp³-hybridized carbons (Fsp3) is 0.214. The number of imidazole rings is 1. The summed E-state index contributed by atoms with van der Waals surface area (Å²) < 4.78 is 41.4. The lowest BCUT2D eigenvalue weighted by atomic mass is 10.3. The molecule has 0 aliphatic carbocycles. The third kappa shape index (κ3) is 4.73. The van der Waals surface area contributed by atoms with Crippen LogP contribution in [-0.4, -0.2) is 28.2 Å². The molecule has 1 aromatic carbocycles. The van der Waals surface area contributed by atoms with E-state index in [2.05, 4.69) is 20.4 Å². The number of ether oxygens (including phenoxy) is 1. The van der Waals surface area contributed by atoms with Crippen LogP contribution in [-0.2, 0) is 6.54 Å². The number of rotatable bonds is 5. The zero-order valence-corrected chi connectivity index (χ0v) is 12.4. The standard InChI is InChI=1S/C14H13F3N4O3/c1-2-21-7-11(19-12(21)8-22)20-13(23)18-9-3-5-10(6-4-9)24-14(15,16)17/h3-8H,2H2,1H3,(H2,18,20,23). The van der Waals surface area contributed by atoms with E-state index in [1.54, 1.807) is 4.57 Å². The van der Waals surface area contributed by atoms with Crippen molar-refractivity contribution < 1.29 is 27.5 Å². The first kappa shape index (κ1) is 17.3. The number of anilines is 2.